The van der Waals surface area contributed by atoms with Gasteiger partial charge in [-0.15, -0.1) is 0 Å². The lowest BCUT2D eigenvalue weighted by atomic mass is 9.83. The minimum Gasteiger partial charge on any atom is -0.366 e. The van der Waals surface area contributed by atoms with E-state index < -0.39 is 5.41 Å². The minimum absolute atomic E-state index is 0.0604. The van der Waals surface area contributed by atoms with Crippen LogP contribution in [0.5, 0.6) is 0 Å². The van der Waals surface area contributed by atoms with E-state index in [2.05, 4.69) is 6.07 Å². The molecule has 2 aliphatic heterocycles. The van der Waals surface area contributed by atoms with E-state index in [4.69, 9.17) is 4.74 Å². The number of nitrogens with zero attached hydrogens (tertiary/aromatic N) is 1. The van der Waals surface area contributed by atoms with E-state index in [9.17, 15) is 9.65 Å². The molecule has 0 aromatic rings. The molecule has 14 heavy (non-hydrogen) atoms. The second-order valence-electron chi connectivity index (χ2n) is 4.58. The summed E-state index contributed by atoms with van der Waals surface area (Å²) in [5, 5.41) is 9.22. The second kappa shape index (κ2) is 1.80. The first-order chi connectivity index (χ1) is 6.79. The topological polar surface area (TPSA) is 33.0 Å². The Morgan fingerprint density at radius 3 is 3.00 bits per heavy atom. The number of hydrogen-bond donors (Lipinski definition) is 0. The molecule has 2 bridgehead atoms. The lowest BCUT2D eigenvalue weighted by Crippen LogP contribution is -2.36. The van der Waals surface area contributed by atoms with Crippen molar-refractivity contribution in [1.29, 1.82) is 5.26 Å². The molecule has 4 aliphatic rings. The van der Waals surface area contributed by atoms with E-state index in [1.54, 1.807) is 6.08 Å². The summed E-state index contributed by atoms with van der Waals surface area (Å²) in [6.07, 6.45) is 5.42. The number of halogens is 1. The van der Waals surface area contributed by atoms with E-state index in [0.717, 1.165) is 0 Å². The highest BCUT2D eigenvalue weighted by atomic mass is 19.1. The average Bonchev–Trinajstić information content (AvgIpc) is 2.55. The van der Waals surface area contributed by atoms with Gasteiger partial charge in [-0.2, -0.15) is 5.26 Å². The van der Waals surface area contributed by atoms with Gasteiger partial charge in [-0.3, -0.25) is 0 Å². The summed E-state index contributed by atoms with van der Waals surface area (Å²) in [7, 11) is 0. The summed E-state index contributed by atoms with van der Waals surface area (Å²) in [6.45, 7) is 0. The summed E-state index contributed by atoms with van der Waals surface area (Å²) in [4.78, 5) is 0. The summed E-state index contributed by atoms with van der Waals surface area (Å²) >= 11 is 0. The first-order valence-corrected chi connectivity index (χ1v) is 4.91. The predicted octanol–water partition coefficient (Wildman–Crippen LogP) is 1.56. The van der Waals surface area contributed by atoms with Crippen molar-refractivity contribution in [3.63, 3.8) is 0 Å². The third-order valence-corrected chi connectivity index (χ3v) is 4.21. The SMILES string of the molecule is N#C[C@]12C3C=C(F)C1[C@H]1C=C[C@H](O1)C32. The van der Waals surface area contributed by atoms with Gasteiger partial charge in [-0.25, -0.2) is 4.39 Å². The van der Waals surface area contributed by atoms with Crippen LogP contribution in [0.1, 0.15) is 0 Å². The van der Waals surface area contributed by atoms with Crippen molar-refractivity contribution in [1.82, 2.24) is 0 Å². The molecule has 6 atom stereocenters. The number of allylic oxidation sites excluding steroid dienone is 1. The van der Waals surface area contributed by atoms with Crippen molar-refractivity contribution in [3.8, 4) is 6.07 Å². The van der Waals surface area contributed by atoms with Crippen molar-refractivity contribution >= 4 is 0 Å². The molecule has 0 radical (unpaired) electrons. The van der Waals surface area contributed by atoms with Crippen LogP contribution in [0.4, 0.5) is 4.39 Å². The van der Waals surface area contributed by atoms with Crippen LogP contribution in [0.2, 0.25) is 0 Å². The van der Waals surface area contributed by atoms with Gasteiger partial charge in [0.25, 0.3) is 0 Å². The Balaban J connectivity index is 1.94. The average molecular weight is 189 g/mol. The first-order valence-electron chi connectivity index (χ1n) is 4.91. The Bertz CT molecular complexity index is 435. The Hall–Kier alpha value is -1.14. The molecular formula is C11H8FNO. The predicted molar refractivity (Wildman–Crippen MR) is 45.5 cm³/mol. The lowest BCUT2D eigenvalue weighted by Gasteiger charge is -2.31. The maximum absolute atomic E-state index is 13.6. The minimum atomic E-state index is -0.457. The van der Waals surface area contributed by atoms with Gasteiger partial charge in [-0.05, 0) is 6.08 Å². The van der Waals surface area contributed by atoms with E-state index >= 15 is 0 Å². The monoisotopic (exact) mass is 189 g/mol. The summed E-state index contributed by atoms with van der Waals surface area (Å²) in [5.41, 5.74) is -0.457. The number of hydrogen-bond acceptors (Lipinski definition) is 2. The van der Waals surface area contributed by atoms with Crippen LogP contribution in [0.3, 0.4) is 0 Å². The number of rotatable bonds is 0. The highest BCUT2D eigenvalue weighted by molar-refractivity contribution is 5.46. The van der Waals surface area contributed by atoms with Gasteiger partial charge < -0.3 is 4.74 Å². The van der Waals surface area contributed by atoms with Gasteiger partial charge in [0.15, 0.2) is 0 Å². The fourth-order valence-electron chi connectivity index (χ4n) is 3.63. The van der Waals surface area contributed by atoms with Crippen molar-refractivity contribution < 1.29 is 9.13 Å². The van der Waals surface area contributed by atoms with E-state index in [-0.39, 0.29) is 35.8 Å². The molecular weight excluding hydrogens is 181 g/mol. The van der Waals surface area contributed by atoms with Crippen LogP contribution in [0.15, 0.2) is 24.1 Å². The van der Waals surface area contributed by atoms with Crippen LogP contribution in [0.25, 0.3) is 0 Å². The first kappa shape index (κ1) is 7.19. The van der Waals surface area contributed by atoms with Crippen LogP contribution in [-0.4, -0.2) is 12.2 Å². The molecule has 0 amide bonds. The molecule has 1 saturated heterocycles. The molecule has 0 aromatic carbocycles. The number of fused-ring (bicyclic) bond motifs is 5. The smallest absolute Gasteiger partial charge is 0.104 e. The molecule has 2 fully saturated rings. The maximum Gasteiger partial charge on any atom is 0.104 e. The van der Waals surface area contributed by atoms with Gasteiger partial charge in [0.05, 0.1) is 29.6 Å². The fraction of sp³-hybridized carbons (Fsp3) is 0.545. The lowest BCUT2D eigenvalue weighted by molar-refractivity contribution is -0.0343. The van der Waals surface area contributed by atoms with Gasteiger partial charge in [-0.1, -0.05) is 12.2 Å². The maximum atomic E-state index is 13.6. The van der Waals surface area contributed by atoms with E-state index in [0.29, 0.717) is 0 Å². The fourth-order valence-corrected chi connectivity index (χ4v) is 3.63. The molecule has 0 aromatic heterocycles. The Labute approximate surface area is 80.7 Å². The molecule has 2 heterocycles. The van der Waals surface area contributed by atoms with Crippen LogP contribution >= 0.6 is 0 Å². The van der Waals surface area contributed by atoms with Crippen LogP contribution in [-0.2, 0) is 4.74 Å². The summed E-state index contributed by atoms with van der Waals surface area (Å²) < 4.78 is 19.2. The quantitative estimate of drug-likeness (QED) is 0.542. The number of ether oxygens (including phenoxy) is 1. The van der Waals surface area contributed by atoms with E-state index in [1.807, 2.05) is 12.2 Å². The third kappa shape index (κ3) is 0.481. The zero-order valence-electron chi connectivity index (χ0n) is 7.35. The largest absolute Gasteiger partial charge is 0.366 e. The molecule has 70 valence electrons. The molecule has 0 spiro atoms. The van der Waals surface area contributed by atoms with Gasteiger partial charge in [0.1, 0.15) is 5.83 Å². The van der Waals surface area contributed by atoms with Gasteiger partial charge >= 0.3 is 0 Å². The molecule has 2 aliphatic carbocycles. The van der Waals surface area contributed by atoms with Crippen molar-refractivity contribution in [2.45, 2.75) is 12.2 Å². The molecule has 4 rings (SSSR count). The Morgan fingerprint density at radius 1 is 1.43 bits per heavy atom. The molecule has 0 N–H and O–H groups in total. The summed E-state index contributed by atoms with van der Waals surface area (Å²) in [5.74, 6) is -0.134. The normalized spacial score (nSPS) is 60.6. The zero-order valence-corrected chi connectivity index (χ0v) is 7.35. The molecule has 1 saturated carbocycles. The second-order valence-corrected chi connectivity index (χ2v) is 4.58. The Morgan fingerprint density at radius 2 is 2.21 bits per heavy atom. The molecule has 3 unspecified atom stereocenters. The Kier molecular flexibility index (Phi) is 0.926. The van der Waals surface area contributed by atoms with Crippen LogP contribution in [0, 0.1) is 34.5 Å². The van der Waals surface area contributed by atoms with E-state index in [1.165, 1.54) is 0 Å². The van der Waals surface area contributed by atoms with Gasteiger partial charge in [0, 0.05) is 11.8 Å². The highest BCUT2D eigenvalue weighted by Crippen LogP contribution is 2.75. The highest BCUT2D eigenvalue weighted by Gasteiger charge is 2.79. The van der Waals surface area contributed by atoms with Crippen molar-refractivity contribution in [2.75, 3.05) is 0 Å². The molecule has 3 heteroatoms. The van der Waals surface area contributed by atoms with Crippen molar-refractivity contribution in [2.24, 2.45) is 23.2 Å². The van der Waals surface area contributed by atoms with Crippen molar-refractivity contribution in [3.05, 3.63) is 24.1 Å². The zero-order chi connectivity index (χ0) is 9.50. The number of nitriles is 1. The van der Waals surface area contributed by atoms with Crippen LogP contribution < -0.4 is 0 Å². The third-order valence-electron chi connectivity index (χ3n) is 4.21. The summed E-state index contributed by atoms with van der Waals surface area (Å²) in [6, 6.07) is 2.34. The standard InChI is InChI=1S/C11H8FNO/c12-6-3-5-9-7-1-2-8(14-7)10(6)11(5,9)4-13/h1-3,5,7-10H/t5?,7-,8+,9?,10?,11+/m0/s1. The van der Waals surface area contributed by atoms with Gasteiger partial charge in [0.2, 0.25) is 0 Å². The molecule has 2 nitrogen and oxygen atoms in total.